The Hall–Kier alpha value is -2.94. The van der Waals surface area contributed by atoms with E-state index in [0.717, 1.165) is 49.1 Å². The van der Waals surface area contributed by atoms with E-state index in [-0.39, 0.29) is 11.2 Å². The number of thioether (sulfide) groups is 1. The molecule has 158 valence electrons. The number of nitrogens with zero attached hydrogens (tertiary/aromatic N) is 4. The van der Waals surface area contributed by atoms with E-state index in [0.29, 0.717) is 11.7 Å². The van der Waals surface area contributed by atoms with Crippen LogP contribution < -0.4 is 15.0 Å². The summed E-state index contributed by atoms with van der Waals surface area (Å²) < 4.78 is 12.7. The minimum absolute atomic E-state index is 0.0968. The molecule has 0 saturated carbocycles. The highest BCUT2D eigenvalue weighted by Crippen LogP contribution is 2.29. The van der Waals surface area contributed by atoms with E-state index in [1.54, 1.807) is 13.4 Å². The lowest BCUT2D eigenvalue weighted by Gasteiger charge is -2.18. The van der Waals surface area contributed by atoms with Crippen LogP contribution in [0.15, 0.2) is 52.2 Å². The molecule has 1 unspecified atom stereocenters. The molecule has 0 bridgehead atoms. The third-order valence-electron chi connectivity index (χ3n) is 4.99. The van der Waals surface area contributed by atoms with Crippen LogP contribution in [0.5, 0.6) is 5.75 Å². The van der Waals surface area contributed by atoms with Gasteiger partial charge in [-0.15, -0.1) is 10.2 Å². The molecule has 1 atom stereocenters. The summed E-state index contributed by atoms with van der Waals surface area (Å²) in [4.78, 5) is 15.0. The predicted octanol–water partition coefficient (Wildman–Crippen LogP) is 3.65. The molecule has 9 heteroatoms. The Bertz CT molecular complexity index is 965. The highest BCUT2D eigenvalue weighted by Gasteiger charge is 2.25. The summed E-state index contributed by atoms with van der Waals surface area (Å²) in [6.07, 6.45) is 3.96. The van der Waals surface area contributed by atoms with Gasteiger partial charge in [0.2, 0.25) is 11.9 Å². The first kappa shape index (κ1) is 20.3. The molecule has 1 amide bonds. The highest BCUT2D eigenvalue weighted by molar-refractivity contribution is 8.00. The van der Waals surface area contributed by atoms with Crippen molar-refractivity contribution in [2.45, 2.75) is 36.7 Å². The Labute approximate surface area is 179 Å². The number of ether oxygens (including phenoxy) is 1. The van der Waals surface area contributed by atoms with Gasteiger partial charge in [0, 0.05) is 18.8 Å². The quantitative estimate of drug-likeness (QED) is 0.549. The molecule has 8 nitrogen and oxygen atoms in total. The number of carbonyl (C=O) groups is 1. The summed E-state index contributed by atoms with van der Waals surface area (Å²) in [5.74, 6) is 2.30. The van der Waals surface area contributed by atoms with Gasteiger partial charge in [0.05, 0.1) is 25.2 Å². The number of furan rings is 1. The minimum Gasteiger partial charge on any atom is -0.497 e. The largest absolute Gasteiger partial charge is 0.497 e. The van der Waals surface area contributed by atoms with Gasteiger partial charge in [-0.2, -0.15) is 0 Å². The summed E-state index contributed by atoms with van der Waals surface area (Å²) >= 11 is 1.39. The molecule has 1 fully saturated rings. The average Bonchev–Trinajstić information content (AvgIpc) is 3.52. The number of anilines is 2. The molecule has 0 spiro atoms. The smallest absolute Gasteiger partial charge is 0.237 e. The fourth-order valence-electron chi connectivity index (χ4n) is 3.35. The van der Waals surface area contributed by atoms with Crippen molar-refractivity contribution in [1.29, 1.82) is 0 Å². The van der Waals surface area contributed by atoms with E-state index in [1.807, 2.05) is 47.9 Å². The lowest BCUT2D eigenvalue weighted by atomic mass is 10.3. The molecule has 4 rings (SSSR count). The molecule has 3 aromatic rings. The molecule has 1 saturated heterocycles. The molecular weight excluding hydrogens is 402 g/mol. The molecule has 0 radical (unpaired) electrons. The van der Waals surface area contributed by atoms with E-state index in [9.17, 15) is 4.79 Å². The number of amides is 1. The van der Waals surface area contributed by atoms with E-state index in [1.165, 1.54) is 11.8 Å². The molecule has 3 heterocycles. The van der Waals surface area contributed by atoms with Crippen molar-refractivity contribution in [2.75, 3.05) is 30.4 Å². The van der Waals surface area contributed by atoms with E-state index >= 15 is 0 Å². The van der Waals surface area contributed by atoms with Crippen molar-refractivity contribution in [2.24, 2.45) is 0 Å². The van der Waals surface area contributed by atoms with E-state index in [2.05, 4.69) is 20.4 Å². The predicted molar refractivity (Wildman–Crippen MR) is 116 cm³/mol. The first-order valence-electron chi connectivity index (χ1n) is 9.96. The third-order valence-corrected chi connectivity index (χ3v) is 6.07. The van der Waals surface area contributed by atoms with E-state index in [4.69, 9.17) is 9.15 Å². The van der Waals surface area contributed by atoms with Crippen molar-refractivity contribution in [3.8, 4) is 5.75 Å². The Morgan fingerprint density at radius 2 is 2.00 bits per heavy atom. The van der Waals surface area contributed by atoms with Crippen LogP contribution >= 0.6 is 11.8 Å². The van der Waals surface area contributed by atoms with Crippen LogP contribution in [0.1, 0.15) is 25.5 Å². The molecule has 1 aromatic carbocycles. The summed E-state index contributed by atoms with van der Waals surface area (Å²) in [7, 11) is 1.61. The average molecular weight is 428 g/mol. The monoisotopic (exact) mass is 427 g/mol. The van der Waals surface area contributed by atoms with Crippen LogP contribution in [0, 0.1) is 0 Å². The van der Waals surface area contributed by atoms with Crippen molar-refractivity contribution < 1.29 is 13.9 Å². The Kier molecular flexibility index (Phi) is 6.27. The van der Waals surface area contributed by atoms with Crippen LogP contribution in [0.25, 0.3) is 0 Å². The number of nitrogens with one attached hydrogen (secondary N) is 1. The van der Waals surface area contributed by atoms with Crippen LogP contribution in [-0.2, 0) is 11.3 Å². The highest BCUT2D eigenvalue weighted by atomic mass is 32.2. The van der Waals surface area contributed by atoms with Gasteiger partial charge in [0.25, 0.3) is 0 Å². The van der Waals surface area contributed by atoms with Gasteiger partial charge in [-0.25, -0.2) is 0 Å². The van der Waals surface area contributed by atoms with Gasteiger partial charge in [-0.1, -0.05) is 11.8 Å². The van der Waals surface area contributed by atoms with Gasteiger partial charge >= 0.3 is 0 Å². The molecule has 2 aromatic heterocycles. The normalized spacial score (nSPS) is 14.7. The Balaban J connectivity index is 1.48. The lowest BCUT2D eigenvalue weighted by Crippen LogP contribution is -2.24. The topological polar surface area (TPSA) is 85.4 Å². The molecule has 0 aliphatic carbocycles. The molecule has 1 aliphatic rings. The SMILES string of the molecule is COc1ccc(NC(=O)C(C)Sc2nnc(N3CCCC3)n2Cc2ccco2)cc1. The number of carbonyl (C=O) groups excluding carboxylic acids is 1. The summed E-state index contributed by atoms with van der Waals surface area (Å²) in [6, 6.07) is 11.1. The van der Waals surface area contributed by atoms with Crippen molar-refractivity contribution in [3.05, 3.63) is 48.4 Å². The zero-order valence-corrected chi connectivity index (χ0v) is 17.9. The Morgan fingerprint density at radius 3 is 2.67 bits per heavy atom. The maximum Gasteiger partial charge on any atom is 0.237 e. The lowest BCUT2D eigenvalue weighted by molar-refractivity contribution is -0.115. The van der Waals surface area contributed by atoms with E-state index < -0.39 is 0 Å². The number of hydrogen-bond acceptors (Lipinski definition) is 7. The number of methoxy groups -OCH3 is 1. The minimum atomic E-state index is -0.349. The van der Waals surface area contributed by atoms with Gasteiger partial charge in [-0.05, 0) is 56.2 Å². The summed E-state index contributed by atoms with van der Waals surface area (Å²) in [5, 5.41) is 12.1. The molecular formula is C21H25N5O3S. The number of rotatable bonds is 8. The first-order chi connectivity index (χ1) is 14.6. The number of aromatic nitrogens is 3. The fraction of sp³-hybridized carbons (Fsp3) is 0.381. The number of benzene rings is 1. The maximum atomic E-state index is 12.7. The standard InChI is InChI=1S/C21H25N5O3S/c1-15(19(27)22-16-7-9-17(28-2)10-8-16)30-21-24-23-20(25-11-3-4-12-25)26(21)14-18-6-5-13-29-18/h5-10,13,15H,3-4,11-12,14H2,1-2H3,(H,22,27). The van der Waals surface area contributed by atoms with Crippen LogP contribution in [0.2, 0.25) is 0 Å². The van der Waals surface area contributed by atoms with Crippen LogP contribution in [-0.4, -0.2) is 46.1 Å². The van der Waals surface area contributed by atoms with Gasteiger partial charge < -0.3 is 19.4 Å². The third kappa shape index (κ3) is 4.62. The van der Waals surface area contributed by atoms with Gasteiger partial charge in [0.15, 0.2) is 5.16 Å². The van der Waals surface area contributed by atoms with Crippen molar-refractivity contribution >= 4 is 29.3 Å². The zero-order valence-electron chi connectivity index (χ0n) is 17.1. The fourth-order valence-corrected chi connectivity index (χ4v) is 4.19. The van der Waals surface area contributed by atoms with Crippen molar-refractivity contribution in [1.82, 2.24) is 14.8 Å². The maximum absolute atomic E-state index is 12.7. The zero-order chi connectivity index (χ0) is 20.9. The van der Waals surface area contributed by atoms with Crippen LogP contribution in [0.3, 0.4) is 0 Å². The summed E-state index contributed by atoms with van der Waals surface area (Å²) in [6.45, 7) is 4.33. The number of hydrogen-bond donors (Lipinski definition) is 1. The second kappa shape index (κ2) is 9.25. The first-order valence-corrected chi connectivity index (χ1v) is 10.8. The van der Waals surface area contributed by atoms with Crippen molar-refractivity contribution in [3.63, 3.8) is 0 Å². The van der Waals surface area contributed by atoms with Gasteiger partial charge in [-0.3, -0.25) is 9.36 Å². The second-order valence-corrected chi connectivity index (χ2v) is 8.43. The van der Waals surface area contributed by atoms with Crippen LogP contribution in [0.4, 0.5) is 11.6 Å². The molecule has 30 heavy (non-hydrogen) atoms. The molecule has 1 N–H and O–H groups in total. The van der Waals surface area contributed by atoms with Gasteiger partial charge in [0.1, 0.15) is 11.5 Å². The summed E-state index contributed by atoms with van der Waals surface area (Å²) in [5.41, 5.74) is 0.725. The molecule has 1 aliphatic heterocycles. The second-order valence-electron chi connectivity index (χ2n) is 7.12. The Morgan fingerprint density at radius 1 is 1.23 bits per heavy atom.